The zero-order valence-electron chi connectivity index (χ0n) is 12.1. The zero-order chi connectivity index (χ0) is 15.4. The predicted molar refractivity (Wildman–Crippen MR) is 92.4 cm³/mol. The third-order valence-corrected chi connectivity index (χ3v) is 5.25. The molecular weight excluding hydrogens is 316 g/mol. The number of aryl methyl sites for hydroxylation is 1. The Labute approximate surface area is 139 Å². The smallest absolute Gasteiger partial charge is 0.319 e. The molecule has 1 atom stereocenters. The van der Waals surface area contributed by atoms with E-state index in [1.165, 1.54) is 16.7 Å². The first kappa shape index (κ1) is 15.4. The molecular formula is C18H17ClO2S. The summed E-state index contributed by atoms with van der Waals surface area (Å²) in [4.78, 5) is 11.4. The fourth-order valence-corrected chi connectivity index (χ4v) is 3.69. The third kappa shape index (κ3) is 3.84. The molecule has 0 spiro atoms. The Morgan fingerprint density at radius 2 is 1.68 bits per heavy atom. The van der Waals surface area contributed by atoms with Crippen molar-refractivity contribution in [1.82, 2.24) is 0 Å². The largest absolute Gasteiger partial charge is 0.465 e. The highest BCUT2D eigenvalue weighted by Crippen LogP contribution is 2.24. The lowest BCUT2D eigenvalue weighted by Crippen LogP contribution is -2.10. The molecule has 2 aromatic rings. The van der Waals surface area contributed by atoms with E-state index in [2.05, 4.69) is 24.3 Å². The first-order valence-electron chi connectivity index (χ1n) is 7.35. The van der Waals surface area contributed by atoms with Gasteiger partial charge >= 0.3 is 5.97 Å². The van der Waals surface area contributed by atoms with E-state index in [1.54, 1.807) is 11.8 Å². The number of rotatable bonds is 5. The van der Waals surface area contributed by atoms with Crippen molar-refractivity contribution >= 4 is 29.3 Å². The van der Waals surface area contributed by atoms with Crippen molar-refractivity contribution in [1.29, 1.82) is 0 Å². The highest BCUT2D eigenvalue weighted by molar-refractivity contribution is 8.00. The maximum atomic E-state index is 11.4. The number of carbonyl (C=O) groups excluding carboxylic acids is 1. The summed E-state index contributed by atoms with van der Waals surface area (Å²) in [6.45, 7) is 0.576. The number of halogens is 1. The van der Waals surface area contributed by atoms with E-state index in [-0.39, 0.29) is 11.2 Å². The number of carbonyl (C=O) groups is 1. The van der Waals surface area contributed by atoms with Crippen LogP contribution in [0.2, 0.25) is 5.02 Å². The quantitative estimate of drug-likeness (QED) is 0.749. The highest BCUT2D eigenvalue weighted by atomic mass is 35.5. The van der Waals surface area contributed by atoms with Gasteiger partial charge in [0.1, 0.15) is 5.25 Å². The molecule has 1 saturated heterocycles. The molecule has 4 heteroatoms. The second-order valence-electron chi connectivity index (χ2n) is 5.27. The molecule has 0 aliphatic carbocycles. The van der Waals surface area contributed by atoms with Crippen LogP contribution >= 0.6 is 23.4 Å². The van der Waals surface area contributed by atoms with Gasteiger partial charge in [0.2, 0.25) is 0 Å². The van der Waals surface area contributed by atoms with Crippen molar-refractivity contribution in [2.45, 2.75) is 18.1 Å². The van der Waals surface area contributed by atoms with Crippen LogP contribution in [-0.2, 0) is 16.0 Å². The molecule has 0 amide bonds. The standard InChI is InChI=1S/C18H17ClO2S/c19-16-7-5-15(6-8-16)14-3-1-13(2-4-14)10-12-22-17-9-11-21-18(17)20/h1-8,17H,9-12H2. The number of hydrogen-bond acceptors (Lipinski definition) is 3. The van der Waals surface area contributed by atoms with E-state index in [1.807, 2.05) is 24.3 Å². The molecule has 1 aliphatic rings. The lowest BCUT2D eigenvalue weighted by atomic mass is 10.0. The van der Waals surface area contributed by atoms with Crippen LogP contribution in [0.1, 0.15) is 12.0 Å². The Bertz CT molecular complexity index is 637. The second kappa shape index (κ2) is 7.21. The highest BCUT2D eigenvalue weighted by Gasteiger charge is 2.26. The summed E-state index contributed by atoms with van der Waals surface area (Å²) in [5.74, 6) is 0.892. The monoisotopic (exact) mass is 332 g/mol. The Hall–Kier alpha value is -1.45. The van der Waals surface area contributed by atoms with Crippen LogP contribution in [0.4, 0.5) is 0 Å². The first-order chi connectivity index (χ1) is 10.7. The molecule has 114 valence electrons. The number of hydrogen-bond donors (Lipinski definition) is 0. The summed E-state index contributed by atoms with van der Waals surface area (Å²) >= 11 is 7.61. The predicted octanol–water partition coefficient (Wildman–Crippen LogP) is 4.60. The number of thioether (sulfide) groups is 1. The fourth-order valence-electron chi connectivity index (χ4n) is 2.45. The molecule has 1 aliphatic heterocycles. The van der Waals surface area contributed by atoms with Gasteiger partial charge in [-0.3, -0.25) is 4.79 Å². The van der Waals surface area contributed by atoms with Crippen molar-refractivity contribution in [3.8, 4) is 11.1 Å². The van der Waals surface area contributed by atoms with Gasteiger partial charge in [-0.05, 0) is 41.0 Å². The van der Waals surface area contributed by atoms with E-state index >= 15 is 0 Å². The van der Waals surface area contributed by atoms with Gasteiger partial charge in [-0.15, -0.1) is 11.8 Å². The topological polar surface area (TPSA) is 26.3 Å². The minimum absolute atomic E-state index is 0.0355. The SMILES string of the molecule is O=C1OCCC1SCCc1ccc(-c2ccc(Cl)cc2)cc1. The summed E-state index contributed by atoms with van der Waals surface area (Å²) in [5.41, 5.74) is 3.64. The van der Waals surface area contributed by atoms with Gasteiger partial charge in [0, 0.05) is 11.4 Å². The summed E-state index contributed by atoms with van der Waals surface area (Å²) in [6, 6.07) is 16.4. The third-order valence-electron chi connectivity index (χ3n) is 3.73. The van der Waals surface area contributed by atoms with Gasteiger partial charge in [-0.2, -0.15) is 0 Å². The van der Waals surface area contributed by atoms with Crippen LogP contribution in [0, 0.1) is 0 Å². The molecule has 3 rings (SSSR count). The fraction of sp³-hybridized carbons (Fsp3) is 0.278. The summed E-state index contributed by atoms with van der Waals surface area (Å²) in [5, 5.41) is 0.788. The number of cyclic esters (lactones) is 1. The molecule has 0 aromatic heterocycles. The van der Waals surface area contributed by atoms with E-state index in [4.69, 9.17) is 16.3 Å². The summed E-state index contributed by atoms with van der Waals surface area (Å²) in [7, 11) is 0. The van der Waals surface area contributed by atoms with Gasteiger partial charge in [-0.25, -0.2) is 0 Å². The van der Waals surface area contributed by atoms with E-state index < -0.39 is 0 Å². The molecule has 2 nitrogen and oxygen atoms in total. The minimum Gasteiger partial charge on any atom is -0.465 e. The molecule has 0 bridgehead atoms. The molecule has 0 saturated carbocycles. The van der Waals surface area contributed by atoms with Crippen LogP contribution in [-0.4, -0.2) is 23.6 Å². The molecule has 22 heavy (non-hydrogen) atoms. The molecule has 1 heterocycles. The minimum atomic E-state index is -0.0527. The lowest BCUT2D eigenvalue weighted by molar-refractivity contribution is -0.137. The van der Waals surface area contributed by atoms with Gasteiger partial charge in [0.25, 0.3) is 0 Å². The molecule has 1 unspecified atom stereocenters. The maximum Gasteiger partial charge on any atom is 0.319 e. The Balaban J connectivity index is 1.55. The van der Waals surface area contributed by atoms with Crippen LogP contribution in [0.3, 0.4) is 0 Å². The van der Waals surface area contributed by atoms with E-state index in [0.717, 1.165) is 23.6 Å². The van der Waals surface area contributed by atoms with E-state index in [9.17, 15) is 4.79 Å². The van der Waals surface area contributed by atoms with Crippen LogP contribution in [0.15, 0.2) is 48.5 Å². The van der Waals surface area contributed by atoms with Crippen LogP contribution in [0.5, 0.6) is 0 Å². The average Bonchev–Trinajstić information content (AvgIpc) is 2.94. The molecule has 0 radical (unpaired) electrons. The Kier molecular flexibility index (Phi) is 5.06. The van der Waals surface area contributed by atoms with Gasteiger partial charge < -0.3 is 4.74 Å². The second-order valence-corrected chi connectivity index (χ2v) is 7.02. The lowest BCUT2D eigenvalue weighted by Gasteiger charge is -2.07. The van der Waals surface area contributed by atoms with Crippen molar-refractivity contribution in [2.24, 2.45) is 0 Å². The van der Waals surface area contributed by atoms with Crippen molar-refractivity contribution in [3.05, 3.63) is 59.1 Å². The average molecular weight is 333 g/mol. The van der Waals surface area contributed by atoms with Gasteiger partial charge in [-0.1, -0.05) is 48.0 Å². The summed E-state index contributed by atoms with van der Waals surface area (Å²) in [6.07, 6.45) is 1.81. The van der Waals surface area contributed by atoms with Crippen molar-refractivity contribution in [3.63, 3.8) is 0 Å². The normalized spacial score (nSPS) is 17.5. The number of ether oxygens (including phenoxy) is 1. The van der Waals surface area contributed by atoms with Crippen LogP contribution < -0.4 is 0 Å². The van der Waals surface area contributed by atoms with Gasteiger partial charge in [0.15, 0.2) is 0 Å². The Morgan fingerprint density at radius 1 is 1.05 bits per heavy atom. The van der Waals surface area contributed by atoms with Gasteiger partial charge in [0.05, 0.1) is 6.61 Å². The Morgan fingerprint density at radius 3 is 2.27 bits per heavy atom. The van der Waals surface area contributed by atoms with Crippen LogP contribution in [0.25, 0.3) is 11.1 Å². The molecule has 2 aromatic carbocycles. The first-order valence-corrected chi connectivity index (χ1v) is 8.78. The van der Waals surface area contributed by atoms with Crippen molar-refractivity contribution < 1.29 is 9.53 Å². The van der Waals surface area contributed by atoms with E-state index in [0.29, 0.717) is 6.61 Å². The molecule has 1 fully saturated rings. The molecule has 0 N–H and O–H groups in total. The number of benzene rings is 2. The summed E-state index contributed by atoms with van der Waals surface area (Å²) < 4.78 is 4.97. The zero-order valence-corrected chi connectivity index (χ0v) is 13.7. The maximum absolute atomic E-state index is 11.4. The number of esters is 1. The van der Waals surface area contributed by atoms with Crippen molar-refractivity contribution in [2.75, 3.05) is 12.4 Å².